The van der Waals surface area contributed by atoms with E-state index in [0.717, 1.165) is 10.2 Å². The Bertz CT molecular complexity index is 651. The molecule has 1 heterocycles. The maximum atomic E-state index is 12.3. The highest BCUT2D eigenvalue weighted by Crippen LogP contribution is 2.27. The fraction of sp³-hybridized carbons (Fsp3) is 0.333. The SMILES string of the molecule is CC(C(=O)N(C)C)S(=O)c1nc2ccc(N)cc2s1. The van der Waals surface area contributed by atoms with Crippen LogP contribution in [-0.4, -0.2) is 39.3 Å². The zero-order chi connectivity index (χ0) is 14.2. The molecule has 1 aromatic heterocycles. The first-order valence-corrected chi connectivity index (χ1v) is 7.71. The summed E-state index contributed by atoms with van der Waals surface area (Å²) in [6.45, 7) is 1.65. The molecule has 0 aliphatic heterocycles. The van der Waals surface area contributed by atoms with Crippen LogP contribution in [0, 0.1) is 0 Å². The van der Waals surface area contributed by atoms with E-state index in [4.69, 9.17) is 5.73 Å². The molecule has 1 amide bonds. The molecule has 0 spiro atoms. The van der Waals surface area contributed by atoms with Crippen LogP contribution in [0.15, 0.2) is 22.5 Å². The van der Waals surface area contributed by atoms with Gasteiger partial charge in [-0.15, -0.1) is 11.3 Å². The predicted molar refractivity (Wildman–Crippen MR) is 78.6 cm³/mol. The van der Waals surface area contributed by atoms with Crippen molar-refractivity contribution in [3.05, 3.63) is 18.2 Å². The lowest BCUT2D eigenvalue weighted by molar-refractivity contribution is -0.127. The van der Waals surface area contributed by atoms with E-state index in [0.29, 0.717) is 10.0 Å². The quantitative estimate of drug-likeness (QED) is 0.870. The van der Waals surface area contributed by atoms with E-state index in [1.807, 2.05) is 0 Å². The molecule has 7 heteroatoms. The first-order valence-electron chi connectivity index (χ1n) is 5.68. The first-order chi connectivity index (χ1) is 8.90. The van der Waals surface area contributed by atoms with Gasteiger partial charge in [0, 0.05) is 19.8 Å². The summed E-state index contributed by atoms with van der Waals surface area (Å²) in [5.41, 5.74) is 7.10. The van der Waals surface area contributed by atoms with Crippen LogP contribution in [0.5, 0.6) is 0 Å². The lowest BCUT2D eigenvalue weighted by atomic mass is 10.3. The van der Waals surface area contributed by atoms with Crippen molar-refractivity contribution in [1.82, 2.24) is 9.88 Å². The lowest BCUT2D eigenvalue weighted by Crippen LogP contribution is -2.34. The molecule has 0 aliphatic rings. The van der Waals surface area contributed by atoms with Crippen LogP contribution in [0.4, 0.5) is 5.69 Å². The fourth-order valence-electron chi connectivity index (χ4n) is 1.61. The Labute approximate surface area is 117 Å². The van der Waals surface area contributed by atoms with Gasteiger partial charge in [0.2, 0.25) is 5.91 Å². The molecule has 102 valence electrons. The zero-order valence-corrected chi connectivity index (χ0v) is 12.5. The maximum Gasteiger partial charge on any atom is 0.237 e. The standard InChI is InChI=1S/C12H15N3O2S2/c1-7(11(16)15(2)3)19(17)12-14-9-5-4-8(13)6-10(9)18-12/h4-7H,13H2,1-3H3. The summed E-state index contributed by atoms with van der Waals surface area (Å²) in [6, 6.07) is 5.34. The van der Waals surface area contributed by atoms with Gasteiger partial charge in [0.15, 0.2) is 4.34 Å². The number of carbonyl (C=O) groups excluding carboxylic acids is 1. The molecule has 0 saturated carbocycles. The van der Waals surface area contributed by atoms with Crippen LogP contribution in [0.25, 0.3) is 10.2 Å². The Morgan fingerprint density at radius 2 is 2.16 bits per heavy atom. The molecule has 2 aromatic rings. The van der Waals surface area contributed by atoms with Crippen molar-refractivity contribution in [3.63, 3.8) is 0 Å². The molecular formula is C12H15N3O2S2. The van der Waals surface area contributed by atoms with E-state index >= 15 is 0 Å². The Balaban J connectivity index is 2.34. The number of nitrogen functional groups attached to an aromatic ring is 1. The van der Waals surface area contributed by atoms with Crippen LogP contribution in [0.3, 0.4) is 0 Å². The molecule has 2 N–H and O–H groups in total. The van der Waals surface area contributed by atoms with Gasteiger partial charge in [0.1, 0.15) is 5.25 Å². The number of hydrogen-bond acceptors (Lipinski definition) is 5. The largest absolute Gasteiger partial charge is 0.399 e. The number of fused-ring (bicyclic) bond motifs is 1. The van der Waals surface area contributed by atoms with Gasteiger partial charge in [-0.2, -0.15) is 0 Å². The monoisotopic (exact) mass is 297 g/mol. The highest BCUT2D eigenvalue weighted by molar-refractivity contribution is 7.88. The number of rotatable bonds is 3. The number of carbonyl (C=O) groups is 1. The molecule has 0 saturated heterocycles. The van der Waals surface area contributed by atoms with Crippen molar-refractivity contribution in [2.75, 3.05) is 19.8 Å². The van der Waals surface area contributed by atoms with Gasteiger partial charge in [-0.05, 0) is 25.1 Å². The Morgan fingerprint density at radius 1 is 1.47 bits per heavy atom. The van der Waals surface area contributed by atoms with Gasteiger partial charge >= 0.3 is 0 Å². The molecule has 0 fully saturated rings. The minimum atomic E-state index is -1.44. The topological polar surface area (TPSA) is 76.3 Å². The molecule has 19 heavy (non-hydrogen) atoms. The van der Waals surface area contributed by atoms with E-state index < -0.39 is 16.0 Å². The zero-order valence-electron chi connectivity index (χ0n) is 10.9. The summed E-state index contributed by atoms with van der Waals surface area (Å²) in [7, 11) is 1.85. The number of amides is 1. The van der Waals surface area contributed by atoms with Crippen molar-refractivity contribution in [2.24, 2.45) is 0 Å². The van der Waals surface area contributed by atoms with Crippen molar-refractivity contribution in [2.45, 2.75) is 16.5 Å². The van der Waals surface area contributed by atoms with E-state index in [-0.39, 0.29) is 5.91 Å². The second kappa shape index (κ2) is 5.26. The van der Waals surface area contributed by atoms with Gasteiger partial charge < -0.3 is 10.6 Å². The molecule has 1 aromatic carbocycles. The number of aromatic nitrogens is 1. The van der Waals surface area contributed by atoms with Crippen molar-refractivity contribution in [1.29, 1.82) is 0 Å². The van der Waals surface area contributed by atoms with E-state index in [2.05, 4.69) is 4.98 Å². The maximum absolute atomic E-state index is 12.3. The van der Waals surface area contributed by atoms with E-state index in [9.17, 15) is 9.00 Å². The summed E-state index contributed by atoms with van der Waals surface area (Å²) < 4.78 is 13.7. The Morgan fingerprint density at radius 3 is 2.79 bits per heavy atom. The third-order valence-electron chi connectivity index (χ3n) is 2.67. The molecule has 2 rings (SSSR count). The second-order valence-corrected chi connectivity index (χ2v) is 7.36. The van der Waals surface area contributed by atoms with Gasteiger partial charge in [0.25, 0.3) is 0 Å². The van der Waals surface area contributed by atoms with Gasteiger partial charge in [-0.1, -0.05) is 0 Å². The summed E-state index contributed by atoms with van der Waals surface area (Å²) in [5, 5.41) is -0.604. The summed E-state index contributed by atoms with van der Waals surface area (Å²) in [5.74, 6) is -0.169. The fourth-order valence-corrected chi connectivity index (χ4v) is 4.27. The lowest BCUT2D eigenvalue weighted by Gasteiger charge is -2.14. The van der Waals surface area contributed by atoms with Crippen molar-refractivity contribution >= 4 is 43.9 Å². The molecule has 2 unspecified atom stereocenters. The number of hydrogen-bond donors (Lipinski definition) is 1. The van der Waals surface area contributed by atoms with Crippen LogP contribution in [0.2, 0.25) is 0 Å². The Kier molecular flexibility index (Phi) is 3.86. The predicted octanol–water partition coefficient (Wildman–Crippen LogP) is 1.46. The number of thiazole rings is 1. The number of nitrogens with two attached hydrogens (primary N) is 1. The van der Waals surface area contributed by atoms with Crippen LogP contribution in [0.1, 0.15) is 6.92 Å². The van der Waals surface area contributed by atoms with Crippen LogP contribution >= 0.6 is 11.3 Å². The number of anilines is 1. The van der Waals surface area contributed by atoms with E-state index in [1.165, 1.54) is 16.2 Å². The molecule has 0 aliphatic carbocycles. The first kappa shape index (κ1) is 14.0. The molecule has 0 bridgehead atoms. The average Bonchev–Trinajstić information content (AvgIpc) is 2.78. The minimum absolute atomic E-state index is 0.169. The highest BCUT2D eigenvalue weighted by atomic mass is 32.2. The summed E-state index contributed by atoms with van der Waals surface area (Å²) in [6.07, 6.45) is 0. The smallest absolute Gasteiger partial charge is 0.237 e. The third-order valence-corrected chi connectivity index (χ3v) is 5.51. The second-order valence-electron chi connectivity index (χ2n) is 4.38. The highest BCUT2D eigenvalue weighted by Gasteiger charge is 2.25. The van der Waals surface area contributed by atoms with Gasteiger partial charge in [-0.3, -0.25) is 9.00 Å². The van der Waals surface area contributed by atoms with Gasteiger partial charge in [-0.25, -0.2) is 4.98 Å². The van der Waals surface area contributed by atoms with Crippen LogP contribution < -0.4 is 5.73 Å². The normalized spacial score (nSPS) is 14.3. The summed E-state index contributed by atoms with van der Waals surface area (Å²) in [4.78, 5) is 17.6. The van der Waals surface area contributed by atoms with Crippen molar-refractivity contribution < 1.29 is 9.00 Å². The molecule has 0 radical (unpaired) electrons. The average molecular weight is 297 g/mol. The van der Waals surface area contributed by atoms with Crippen molar-refractivity contribution in [3.8, 4) is 0 Å². The number of benzene rings is 1. The molecule has 2 atom stereocenters. The van der Waals surface area contributed by atoms with E-state index in [1.54, 1.807) is 39.2 Å². The Hall–Kier alpha value is -1.47. The third kappa shape index (κ3) is 2.76. The minimum Gasteiger partial charge on any atom is -0.399 e. The summed E-state index contributed by atoms with van der Waals surface area (Å²) >= 11 is 1.31. The number of nitrogens with zero attached hydrogens (tertiary/aromatic N) is 2. The van der Waals surface area contributed by atoms with Crippen LogP contribution in [-0.2, 0) is 15.6 Å². The molecule has 5 nitrogen and oxygen atoms in total. The van der Waals surface area contributed by atoms with Gasteiger partial charge in [0.05, 0.1) is 21.0 Å². The molecular weight excluding hydrogens is 282 g/mol.